The molecule has 25 heavy (non-hydrogen) atoms. The molecule has 0 aliphatic carbocycles. The molecular formula is C19H25N5O. The maximum atomic E-state index is 12.0. The Morgan fingerprint density at radius 2 is 1.76 bits per heavy atom. The average molecular weight is 339 g/mol. The minimum absolute atomic E-state index is 0.157. The second kappa shape index (κ2) is 8.69. The van der Waals surface area contributed by atoms with E-state index in [4.69, 9.17) is 0 Å². The third-order valence-corrected chi connectivity index (χ3v) is 4.44. The summed E-state index contributed by atoms with van der Waals surface area (Å²) >= 11 is 0. The first kappa shape index (κ1) is 17.5. The van der Waals surface area contributed by atoms with Gasteiger partial charge in [0, 0.05) is 52.0 Å². The summed E-state index contributed by atoms with van der Waals surface area (Å²) in [6.07, 6.45) is 3.13. The molecule has 0 radical (unpaired) electrons. The van der Waals surface area contributed by atoms with Crippen molar-refractivity contribution in [1.82, 2.24) is 25.1 Å². The normalized spacial score (nSPS) is 15.9. The van der Waals surface area contributed by atoms with E-state index in [2.05, 4.69) is 55.4 Å². The number of rotatable bonds is 6. The molecule has 1 aliphatic heterocycles. The standard InChI is InChI=1S/C19H25N5O/c1-16-13-22-18(14-21-16)19(25)20-7-8-23-9-11-24(12-10-23)15-17-5-3-2-4-6-17/h2-6,13-14H,7-12,15H2,1H3,(H,20,25). The molecule has 0 saturated carbocycles. The summed E-state index contributed by atoms with van der Waals surface area (Å²) in [5, 5.41) is 2.92. The maximum Gasteiger partial charge on any atom is 0.271 e. The molecule has 1 aliphatic rings. The van der Waals surface area contributed by atoms with Gasteiger partial charge in [0.15, 0.2) is 0 Å². The van der Waals surface area contributed by atoms with Crippen LogP contribution in [0.1, 0.15) is 21.7 Å². The van der Waals surface area contributed by atoms with Gasteiger partial charge in [0.05, 0.1) is 11.9 Å². The summed E-state index contributed by atoms with van der Waals surface area (Å²) in [6, 6.07) is 10.6. The molecule has 6 nitrogen and oxygen atoms in total. The summed E-state index contributed by atoms with van der Waals surface area (Å²) in [6.45, 7) is 8.56. The zero-order valence-corrected chi connectivity index (χ0v) is 14.7. The third-order valence-electron chi connectivity index (χ3n) is 4.44. The number of nitrogens with one attached hydrogen (secondary N) is 1. The van der Waals surface area contributed by atoms with Gasteiger partial charge in [-0.2, -0.15) is 0 Å². The van der Waals surface area contributed by atoms with E-state index < -0.39 is 0 Å². The number of aromatic nitrogens is 2. The van der Waals surface area contributed by atoms with Crippen molar-refractivity contribution in [3.05, 3.63) is 59.7 Å². The van der Waals surface area contributed by atoms with E-state index in [1.54, 1.807) is 6.20 Å². The fourth-order valence-electron chi connectivity index (χ4n) is 2.94. The molecular weight excluding hydrogens is 314 g/mol. The Bertz CT molecular complexity index is 666. The molecule has 132 valence electrons. The number of nitrogens with zero attached hydrogens (tertiary/aromatic N) is 4. The van der Waals surface area contributed by atoms with E-state index in [0.29, 0.717) is 12.2 Å². The molecule has 1 amide bonds. The number of hydrogen-bond donors (Lipinski definition) is 1. The van der Waals surface area contributed by atoms with Gasteiger partial charge in [-0.1, -0.05) is 30.3 Å². The molecule has 3 rings (SSSR count). The van der Waals surface area contributed by atoms with Crippen molar-refractivity contribution in [3.63, 3.8) is 0 Å². The number of benzene rings is 1. The molecule has 1 fully saturated rings. The predicted octanol–water partition coefficient (Wildman–Crippen LogP) is 1.33. The zero-order valence-electron chi connectivity index (χ0n) is 14.7. The smallest absolute Gasteiger partial charge is 0.271 e. The van der Waals surface area contributed by atoms with Crippen LogP contribution in [0.5, 0.6) is 0 Å². The molecule has 2 heterocycles. The number of aryl methyl sites for hydroxylation is 1. The lowest BCUT2D eigenvalue weighted by molar-refractivity contribution is 0.0929. The van der Waals surface area contributed by atoms with Crippen molar-refractivity contribution in [3.8, 4) is 0 Å². The Kier molecular flexibility index (Phi) is 6.09. The summed E-state index contributed by atoms with van der Waals surface area (Å²) in [5.74, 6) is -0.157. The second-order valence-corrected chi connectivity index (χ2v) is 6.40. The number of amides is 1. The zero-order chi connectivity index (χ0) is 17.5. The van der Waals surface area contributed by atoms with Gasteiger partial charge in [-0.15, -0.1) is 0 Å². The SMILES string of the molecule is Cc1cnc(C(=O)NCCN2CCN(Cc3ccccc3)CC2)cn1. The van der Waals surface area contributed by atoms with Crippen LogP contribution in [0.15, 0.2) is 42.7 Å². The first-order valence-electron chi connectivity index (χ1n) is 8.76. The minimum Gasteiger partial charge on any atom is -0.349 e. The van der Waals surface area contributed by atoms with Crippen LogP contribution in [0, 0.1) is 6.92 Å². The monoisotopic (exact) mass is 339 g/mol. The number of carbonyl (C=O) groups excluding carboxylic acids is 1. The van der Waals surface area contributed by atoms with Crippen LogP contribution in [-0.4, -0.2) is 64.9 Å². The Labute approximate surface area is 148 Å². The van der Waals surface area contributed by atoms with Gasteiger partial charge < -0.3 is 5.32 Å². The fraction of sp³-hybridized carbons (Fsp3) is 0.421. The van der Waals surface area contributed by atoms with Crippen molar-refractivity contribution in [2.45, 2.75) is 13.5 Å². The first-order chi connectivity index (χ1) is 12.2. The van der Waals surface area contributed by atoms with Crippen LogP contribution < -0.4 is 5.32 Å². The quantitative estimate of drug-likeness (QED) is 0.860. The van der Waals surface area contributed by atoms with Gasteiger partial charge in [-0.25, -0.2) is 4.98 Å². The summed E-state index contributed by atoms with van der Waals surface area (Å²) in [7, 11) is 0. The Morgan fingerprint density at radius 3 is 2.44 bits per heavy atom. The van der Waals surface area contributed by atoms with Gasteiger partial charge in [-0.05, 0) is 12.5 Å². The van der Waals surface area contributed by atoms with Gasteiger partial charge in [0.2, 0.25) is 0 Å². The van der Waals surface area contributed by atoms with Gasteiger partial charge in [-0.3, -0.25) is 19.6 Å². The first-order valence-corrected chi connectivity index (χ1v) is 8.76. The number of piperazine rings is 1. The molecule has 6 heteroatoms. The maximum absolute atomic E-state index is 12.0. The van der Waals surface area contributed by atoms with Gasteiger partial charge in [0.1, 0.15) is 5.69 Å². The molecule has 1 aromatic carbocycles. The molecule has 1 saturated heterocycles. The van der Waals surface area contributed by atoms with Crippen molar-refractivity contribution in [2.24, 2.45) is 0 Å². The average Bonchev–Trinajstić information content (AvgIpc) is 2.64. The largest absolute Gasteiger partial charge is 0.349 e. The highest BCUT2D eigenvalue weighted by atomic mass is 16.1. The lowest BCUT2D eigenvalue weighted by atomic mass is 10.2. The van der Waals surface area contributed by atoms with E-state index in [-0.39, 0.29) is 5.91 Å². The van der Waals surface area contributed by atoms with Gasteiger partial charge in [0.25, 0.3) is 5.91 Å². The molecule has 0 bridgehead atoms. The second-order valence-electron chi connectivity index (χ2n) is 6.40. The van der Waals surface area contributed by atoms with E-state index in [9.17, 15) is 4.79 Å². The Hall–Kier alpha value is -2.31. The van der Waals surface area contributed by atoms with Crippen molar-refractivity contribution in [2.75, 3.05) is 39.3 Å². The Balaban J connectivity index is 1.35. The van der Waals surface area contributed by atoms with Crippen LogP contribution in [0.3, 0.4) is 0 Å². The van der Waals surface area contributed by atoms with Crippen LogP contribution in [-0.2, 0) is 6.54 Å². The van der Waals surface area contributed by atoms with Crippen molar-refractivity contribution < 1.29 is 4.79 Å². The van der Waals surface area contributed by atoms with Crippen LogP contribution in [0.4, 0.5) is 0 Å². The third kappa shape index (κ3) is 5.34. The van der Waals surface area contributed by atoms with E-state index >= 15 is 0 Å². The molecule has 1 aromatic heterocycles. The van der Waals surface area contributed by atoms with E-state index in [1.165, 1.54) is 11.8 Å². The molecule has 2 aromatic rings. The molecule has 0 atom stereocenters. The summed E-state index contributed by atoms with van der Waals surface area (Å²) in [4.78, 5) is 25.1. The topological polar surface area (TPSA) is 61.4 Å². The lowest BCUT2D eigenvalue weighted by Gasteiger charge is -2.34. The van der Waals surface area contributed by atoms with Gasteiger partial charge >= 0.3 is 0 Å². The minimum atomic E-state index is -0.157. The van der Waals surface area contributed by atoms with Crippen LogP contribution in [0.2, 0.25) is 0 Å². The highest BCUT2D eigenvalue weighted by molar-refractivity contribution is 5.91. The number of carbonyl (C=O) groups is 1. The highest BCUT2D eigenvalue weighted by Gasteiger charge is 2.17. The lowest BCUT2D eigenvalue weighted by Crippen LogP contribution is -2.48. The van der Waals surface area contributed by atoms with E-state index in [1.807, 2.05) is 6.92 Å². The molecule has 0 spiro atoms. The Morgan fingerprint density at radius 1 is 1.04 bits per heavy atom. The van der Waals surface area contributed by atoms with Crippen molar-refractivity contribution in [1.29, 1.82) is 0 Å². The predicted molar refractivity (Wildman–Crippen MR) is 97.3 cm³/mol. The molecule has 0 unspecified atom stereocenters. The highest BCUT2D eigenvalue weighted by Crippen LogP contribution is 2.08. The van der Waals surface area contributed by atoms with Crippen LogP contribution >= 0.6 is 0 Å². The fourth-order valence-corrected chi connectivity index (χ4v) is 2.94. The van der Waals surface area contributed by atoms with Crippen molar-refractivity contribution >= 4 is 5.91 Å². The van der Waals surface area contributed by atoms with E-state index in [0.717, 1.165) is 45.0 Å². The summed E-state index contributed by atoms with van der Waals surface area (Å²) < 4.78 is 0. The van der Waals surface area contributed by atoms with Crippen LogP contribution in [0.25, 0.3) is 0 Å². The molecule has 1 N–H and O–H groups in total. The summed E-state index contributed by atoms with van der Waals surface area (Å²) in [5.41, 5.74) is 2.55. The number of hydrogen-bond acceptors (Lipinski definition) is 5.